The van der Waals surface area contributed by atoms with Gasteiger partial charge in [0, 0.05) is 13.2 Å². The maximum atomic E-state index is 6.10. The van der Waals surface area contributed by atoms with Gasteiger partial charge in [-0.25, -0.2) is 0 Å². The minimum Gasteiger partial charge on any atom is -0.495 e. The molecule has 0 bridgehead atoms. The predicted molar refractivity (Wildman–Crippen MR) is 86.1 cm³/mol. The Kier molecular flexibility index (Phi) is 8.69. The zero-order valence-corrected chi connectivity index (χ0v) is 14.1. The molecule has 1 N–H and O–H groups in total. The second kappa shape index (κ2) is 10.0. The van der Waals surface area contributed by atoms with Crippen molar-refractivity contribution in [2.45, 2.75) is 39.5 Å². The van der Waals surface area contributed by atoms with Gasteiger partial charge in [0.05, 0.1) is 18.2 Å². The van der Waals surface area contributed by atoms with E-state index in [2.05, 4.69) is 12.2 Å². The first-order chi connectivity index (χ1) is 10.2. The molecule has 1 atom stereocenters. The quantitative estimate of drug-likeness (QED) is 0.667. The lowest BCUT2D eigenvalue weighted by Crippen LogP contribution is -2.36. The molecule has 5 heteroatoms. The van der Waals surface area contributed by atoms with Crippen molar-refractivity contribution in [3.8, 4) is 5.75 Å². The highest BCUT2D eigenvalue weighted by molar-refractivity contribution is 6.32. The zero-order valence-electron chi connectivity index (χ0n) is 13.3. The van der Waals surface area contributed by atoms with Crippen LogP contribution in [0.5, 0.6) is 5.75 Å². The molecule has 0 amide bonds. The molecule has 0 spiro atoms. The first-order valence-electron chi connectivity index (χ1n) is 7.47. The first-order valence-corrected chi connectivity index (χ1v) is 7.85. The Balaban J connectivity index is 3.03. The molecule has 1 aromatic rings. The number of ether oxygens (including phenoxy) is 3. The van der Waals surface area contributed by atoms with Crippen molar-refractivity contribution in [3.05, 3.63) is 28.8 Å². The monoisotopic (exact) mass is 315 g/mol. The molecule has 0 aliphatic rings. The Morgan fingerprint density at radius 2 is 1.81 bits per heavy atom. The van der Waals surface area contributed by atoms with Crippen LogP contribution in [0.4, 0.5) is 0 Å². The van der Waals surface area contributed by atoms with Gasteiger partial charge in [-0.05, 0) is 44.5 Å². The van der Waals surface area contributed by atoms with Gasteiger partial charge in [-0.2, -0.15) is 0 Å². The number of nitrogens with one attached hydrogen (secondary N) is 1. The van der Waals surface area contributed by atoms with Gasteiger partial charge in [0.2, 0.25) is 0 Å². The first kappa shape index (κ1) is 18.2. The molecule has 1 rings (SSSR count). The van der Waals surface area contributed by atoms with E-state index in [1.165, 1.54) is 0 Å². The van der Waals surface area contributed by atoms with E-state index < -0.39 is 0 Å². The van der Waals surface area contributed by atoms with Crippen LogP contribution in [0.15, 0.2) is 18.2 Å². The third-order valence-electron chi connectivity index (χ3n) is 3.08. The Morgan fingerprint density at radius 3 is 2.33 bits per heavy atom. The van der Waals surface area contributed by atoms with Gasteiger partial charge in [-0.3, -0.25) is 0 Å². The van der Waals surface area contributed by atoms with Gasteiger partial charge in [0.1, 0.15) is 5.75 Å². The lowest BCUT2D eigenvalue weighted by atomic mass is 10.1. The van der Waals surface area contributed by atoms with Crippen LogP contribution >= 0.6 is 11.6 Å². The molecule has 21 heavy (non-hydrogen) atoms. The Morgan fingerprint density at radius 1 is 1.14 bits per heavy atom. The summed E-state index contributed by atoms with van der Waals surface area (Å²) in [7, 11) is 1.61. The van der Waals surface area contributed by atoms with Crippen molar-refractivity contribution in [2.24, 2.45) is 0 Å². The topological polar surface area (TPSA) is 39.7 Å². The van der Waals surface area contributed by atoms with Gasteiger partial charge in [-0.1, -0.05) is 24.6 Å². The second-order valence-electron chi connectivity index (χ2n) is 4.60. The predicted octanol–water partition coefficient (Wildman–Crippen LogP) is 3.79. The summed E-state index contributed by atoms with van der Waals surface area (Å²) in [5.74, 6) is 0.657. The van der Waals surface area contributed by atoms with Gasteiger partial charge >= 0.3 is 0 Å². The van der Waals surface area contributed by atoms with E-state index >= 15 is 0 Å². The Labute approximate surface area is 132 Å². The number of rotatable bonds is 10. The van der Waals surface area contributed by atoms with E-state index in [9.17, 15) is 0 Å². The lowest BCUT2D eigenvalue weighted by molar-refractivity contribution is -0.155. The molecule has 0 saturated heterocycles. The van der Waals surface area contributed by atoms with Crippen LogP contribution in [0.2, 0.25) is 5.02 Å². The lowest BCUT2D eigenvalue weighted by Gasteiger charge is -2.28. The Bertz CT molecular complexity index is 409. The Hall–Kier alpha value is -0.810. The fourth-order valence-corrected chi connectivity index (χ4v) is 2.30. The summed E-state index contributed by atoms with van der Waals surface area (Å²) < 4.78 is 16.8. The number of methoxy groups -OCH3 is 1. The van der Waals surface area contributed by atoms with Crippen LogP contribution < -0.4 is 10.1 Å². The summed E-state index contributed by atoms with van der Waals surface area (Å²) in [5.41, 5.74) is 1.04. The van der Waals surface area contributed by atoms with Crippen molar-refractivity contribution >= 4 is 11.6 Å². The van der Waals surface area contributed by atoms with Gasteiger partial charge in [0.25, 0.3) is 0 Å². The normalized spacial score (nSPS) is 12.7. The number of hydrogen-bond acceptors (Lipinski definition) is 4. The molecule has 0 aliphatic carbocycles. The molecule has 1 unspecified atom stereocenters. The van der Waals surface area contributed by atoms with E-state index in [-0.39, 0.29) is 12.3 Å². The van der Waals surface area contributed by atoms with E-state index in [1.807, 2.05) is 32.0 Å². The number of hydrogen-bond donors (Lipinski definition) is 1. The molecule has 0 radical (unpaired) electrons. The fraction of sp³-hybridized carbons (Fsp3) is 0.625. The molecule has 0 heterocycles. The molecule has 0 aromatic heterocycles. The van der Waals surface area contributed by atoms with E-state index in [4.69, 9.17) is 25.8 Å². The molecule has 0 fully saturated rings. The van der Waals surface area contributed by atoms with Gasteiger partial charge in [-0.15, -0.1) is 0 Å². The van der Waals surface area contributed by atoms with Crippen LogP contribution in [0.3, 0.4) is 0 Å². The van der Waals surface area contributed by atoms with Crippen LogP contribution in [0.25, 0.3) is 0 Å². The highest BCUT2D eigenvalue weighted by Gasteiger charge is 2.24. The molecule has 1 aromatic carbocycles. The highest BCUT2D eigenvalue weighted by Crippen LogP contribution is 2.30. The van der Waals surface area contributed by atoms with Gasteiger partial charge < -0.3 is 19.5 Å². The largest absolute Gasteiger partial charge is 0.495 e. The summed E-state index contributed by atoms with van der Waals surface area (Å²) in [6, 6.07) is 5.69. The SMILES string of the molecule is CCCNC(c1ccc(Cl)c(OC)c1)C(OCC)OCC. The average Bonchev–Trinajstić information content (AvgIpc) is 2.49. The average molecular weight is 316 g/mol. The fourth-order valence-electron chi connectivity index (χ4n) is 2.11. The smallest absolute Gasteiger partial charge is 0.176 e. The van der Waals surface area contributed by atoms with Crippen LogP contribution in [-0.4, -0.2) is 33.2 Å². The van der Waals surface area contributed by atoms with Crippen molar-refractivity contribution in [1.29, 1.82) is 0 Å². The summed E-state index contributed by atoms with van der Waals surface area (Å²) >= 11 is 6.10. The summed E-state index contributed by atoms with van der Waals surface area (Å²) in [4.78, 5) is 0. The van der Waals surface area contributed by atoms with Crippen molar-refractivity contribution < 1.29 is 14.2 Å². The number of benzene rings is 1. The minimum absolute atomic E-state index is 0.0592. The molecule has 120 valence electrons. The summed E-state index contributed by atoms with van der Waals surface area (Å²) in [5, 5.41) is 4.07. The molecule has 0 aliphatic heterocycles. The molecule has 0 saturated carbocycles. The van der Waals surface area contributed by atoms with E-state index in [1.54, 1.807) is 7.11 Å². The van der Waals surface area contributed by atoms with Crippen molar-refractivity contribution in [2.75, 3.05) is 26.9 Å². The van der Waals surface area contributed by atoms with E-state index in [0.29, 0.717) is 24.0 Å². The van der Waals surface area contributed by atoms with Crippen LogP contribution in [0.1, 0.15) is 38.8 Å². The summed E-state index contributed by atoms with van der Waals surface area (Å²) in [6.45, 7) is 8.13. The third-order valence-corrected chi connectivity index (χ3v) is 3.39. The molecular weight excluding hydrogens is 290 g/mol. The highest BCUT2D eigenvalue weighted by atomic mass is 35.5. The van der Waals surface area contributed by atoms with Crippen molar-refractivity contribution in [3.63, 3.8) is 0 Å². The van der Waals surface area contributed by atoms with Crippen LogP contribution in [-0.2, 0) is 9.47 Å². The van der Waals surface area contributed by atoms with Gasteiger partial charge in [0.15, 0.2) is 6.29 Å². The van der Waals surface area contributed by atoms with Crippen LogP contribution in [0, 0.1) is 0 Å². The second-order valence-corrected chi connectivity index (χ2v) is 5.01. The minimum atomic E-state index is -0.336. The summed E-state index contributed by atoms with van der Waals surface area (Å²) in [6.07, 6.45) is 0.698. The standard InChI is InChI=1S/C16H26ClNO3/c1-5-10-18-15(16(20-6-2)21-7-3)12-8-9-13(17)14(11-12)19-4/h8-9,11,15-16,18H,5-7,10H2,1-4H3. The zero-order chi connectivity index (χ0) is 15.7. The maximum Gasteiger partial charge on any atom is 0.176 e. The van der Waals surface area contributed by atoms with Crippen molar-refractivity contribution in [1.82, 2.24) is 5.32 Å². The number of halogens is 1. The molecular formula is C16H26ClNO3. The van der Waals surface area contributed by atoms with E-state index in [0.717, 1.165) is 18.5 Å². The maximum absolute atomic E-state index is 6.10. The molecule has 4 nitrogen and oxygen atoms in total. The third kappa shape index (κ3) is 5.47.